The summed E-state index contributed by atoms with van der Waals surface area (Å²) in [5, 5.41) is 10.00. The molecule has 0 fully saturated rings. The Morgan fingerprint density at radius 1 is 1.03 bits per heavy atom. The lowest BCUT2D eigenvalue weighted by Crippen LogP contribution is -2.16. The molecule has 9 nitrogen and oxygen atoms in total. The molecule has 10 heteroatoms. The van der Waals surface area contributed by atoms with E-state index >= 15 is 0 Å². The van der Waals surface area contributed by atoms with Crippen molar-refractivity contribution in [1.29, 1.82) is 0 Å². The van der Waals surface area contributed by atoms with E-state index in [1.807, 2.05) is 55.6 Å². The molecular weight excluding hydrogens is 466 g/mol. The Bertz CT molecular complexity index is 1710. The van der Waals surface area contributed by atoms with Crippen LogP contribution < -0.4 is 4.74 Å². The van der Waals surface area contributed by atoms with E-state index < -0.39 is 0 Å². The van der Waals surface area contributed by atoms with Crippen LogP contribution in [0.3, 0.4) is 0 Å². The van der Waals surface area contributed by atoms with E-state index in [-0.39, 0.29) is 5.92 Å². The predicted octanol–water partition coefficient (Wildman–Crippen LogP) is 5.21. The second-order valence-corrected chi connectivity index (χ2v) is 8.60. The Kier molecular flexibility index (Phi) is 4.27. The van der Waals surface area contributed by atoms with Crippen LogP contribution in [0.25, 0.3) is 22.9 Å². The molecule has 0 saturated heterocycles. The summed E-state index contributed by atoms with van der Waals surface area (Å²) in [6.07, 6.45) is 6.77. The predicted molar refractivity (Wildman–Crippen MR) is 127 cm³/mol. The second kappa shape index (κ2) is 7.51. The van der Waals surface area contributed by atoms with Gasteiger partial charge < -0.3 is 9.15 Å². The third-order valence-corrected chi connectivity index (χ3v) is 6.27. The Morgan fingerprint density at radius 3 is 2.77 bits per heavy atom. The summed E-state index contributed by atoms with van der Waals surface area (Å²) in [5.74, 6) is 1.77. The molecule has 0 radical (unpaired) electrons. The van der Waals surface area contributed by atoms with E-state index in [1.54, 1.807) is 34.1 Å². The zero-order chi connectivity index (χ0) is 23.5. The first kappa shape index (κ1) is 19.9. The smallest absolute Gasteiger partial charge is 0.230 e. The van der Waals surface area contributed by atoms with E-state index in [4.69, 9.17) is 30.8 Å². The minimum atomic E-state index is -0.278. The normalized spacial score (nSPS) is 14.5. The molecule has 0 aliphatic carbocycles. The number of hydrogen-bond donors (Lipinski definition) is 0. The molecule has 35 heavy (non-hydrogen) atoms. The van der Waals surface area contributed by atoms with Gasteiger partial charge in [0.25, 0.3) is 0 Å². The number of pyridine rings is 1. The van der Waals surface area contributed by atoms with Gasteiger partial charge in [-0.2, -0.15) is 5.10 Å². The van der Waals surface area contributed by atoms with Crippen LogP contribution in [0.15, 0.2) is 77.9 Å². The van der Waals surface area contributed by atoms with Crippen molar-refractivity contribution in [1.82, 2.24) is 34.3 Å². The molecule has 1 atom stereocenters. The Hall–Kier alpha value is -4.50. The van der Waals surface area contributed by atoms with Crippen LogP contribution >= 0.6 is 11.6 Å². The van der Waals surface area contributed by atoms with Gasteiger partial charge in [-0.1, -0.05) is 23.7 Å². The lowest BCUT2D eigenvalue weighted by atomic mass is 9.85. The molecule has 5 aromatic heterocycles. The van der Waals surface area contributed by atoms with Crippen LogP contribution in [-0.2, 0) is 0 Å². The summed E-state index contributed by atoms with van der Waals surface area (Å²) in [4.78, 5) is 13.8. The van der Waals surface area contributed by atoms with Gasteiger partial charge in [0.2, 0.25) is 17.6 Å². The maximum Gasteiger partial charge on any atom is 0.230 e. The maximum absolute atomic E-state index is 6.40. The van der Waals surface area contributed by atoms with Crippen LogP contribution in [0.1, 0.15) is 28.3 Å². The minimum absolute atomic E-state index is 0.278. The number of hydrogen-bond acceptors (Lipinski definition) is 7. The number of rotatable bonds is 3. The summed E-state index contributed by atoms with van der Waals surface area (Å²) in [6, 6.07) is 15.0. The molecular formula is C25H16ClN7O2. The van der Waals surface area contributed by atoms with Crippen LogP contribution in [-0.4, -0.2) is 34.3 Å². The number of fused-ring (bicyclic) bond motifs is 4. The number of furan rings is 1. The lowest BCUT2D eigenvalue weighted by molar-refractivity contribution is 0.402. The van der Waals surface area contributed by atoms with Gasteiger partial charge in [0.1, 0.15) is 6.33 Å². The molecule has 6 heterocycles. The van der Waals surface area contributed by atoms with E-state index in [1.165, 1.54) is 0 Å². The first-order chi connectivity index (χ1) is 17.2. The Balaban J connectivity index is 1.50. The van der Waals surface area contributed by atoms with Crippen molar-refractivity contribution in [2.45, 2.75) is 12.8 Å². The third kappa shape index (κ3) is 3.05. The second-order valence-electron chi connectivity index (χ2n) is 8.16. The number of aromatic nitrogens is 7. The highest BCUT2D eigenvalue weighted by Gasteiger charge is 2.38. The summed E-state index contributed by atoms with van der Waals surface area (Å²) in [6.45, 7) is 1.96. The summed E-state index contributed by atoms with van der Waals surface area (Å²) in [5.41, 5.74) is 4.88. The average molecular weight is 482 g/mol. The van der Waals surface area contributed by atoms with E-state index in [9.17, 15) is 0 Å². The average Bonchev–Trinajstić information content (AvgIpc) is 3.62. The van der Waals surface area contributed by atoms with Gasteiger partial charge >= 0.3 is 0 Å². The van der Waals surface area contributed by atoms with Crippen molar-refractivity contribution in [3.05, 3.63) is 101 Å². The van der Waals surface area contributed by atoms with E-state index in [0.717, 1.165) is 28.1 Å². The van der Waals surface area contributed by atoms with Gasteiger partial charge in [0, 0.05) is 17.4 Å². The summed E-state index contributed by atoms with van der Waals surface area (Å²) < 4.78 is 15.3. The fraction of sp³-hybridized carbons (Fsp3) is 0.0800. The molecule has 7 rings (SSSR count). The van der Waals surface area contributed by atoms with Crippen molar-refractivity contribution in [3.8, 4) is 29.0 Å². The van der Waals surface area contributed by atoms with Gasteiger partial charge in [-0.25, -0.2) is 19.2 Å². The molecule has 0 spiro atoms. The zero-order valence-corrected chi connectivity index (χ0v) is 19.1. The number of aryl methyl sites for hydroxylation is 1. The molecule has 1 aliphatic rings. The number of ether oxygens (including phenoxy) is 1. The van der Waals surface area contributed by atoms with Crippen LogP contribution in [0.5, 0.6) is 11.8 Å². The van der Waals surface area contributed by atoms with Crippen LogP contribution in [0.2, 0.25) is 5.02 Å². The molecule has 170 valence electrons. The number of nitrogens with zero attached hydrogens (tertiary/aromatic N) is 7. The standard InChI is InChI=1S/C25H16ClN7O2/c1-14-19-20(15-5-3-9-27-12-15)21-23-29-22(18-8-4-10-34-18)31-32(23)13-28-24(21)35-25(19)33(30-14)17-7-2-6-16(26)11-17/h2-13,20H,1H3. The number of halogens is 1. The highest BCUT2D eigenvalue weighted by Crippen LogP contribution is 2.49. The molecule has 0 N–H and O–H groups in total. The topological polar surface area (TPSA) is 96.2 Å². The highest BCUT2D eigenvalue weighted by molar-refractivity contribution is 6.30. The molecule has 1 aliphatic heterocycles. The van der Waals surface area contributed by atoms with Gasteiger partial charge in [-0.05, 0) is 48.9 Å². The first-order valence-corrected chi connectivity index (χ1v) is 11.3. The minimum Gasteiger partial charge on any atom is -0.461 e. The molecule has 0 bridgehead atoms. The number of benzene rings is 1. The largest absolute Gasteiger partial charge is 0.461 e. The SMILES string of the molecule is Cc1nn(-c2cccc(Cl)c2)c2c1C(c1cccnc1)c1c(ncn3nc(-c4ccco4)nc13)O2. The van der Waals surface area contributed by atoms with Crippen molar-refractivity contribution in [2.24, 2.45) is 0 Å². The molecule has 0 amide bonds. The molecule has 1 aromatic carbocycles. The van der Waals surface area contributed by atoms with Gasteiger partial charge in [0.05, 0.1) is 34.7 Å². The maximum atomic E-state index is 6.40. The van der Waals surface area contributed by atoms with Crippen molar-refractivity contribution >= 4 is 17.2 Å². The van der Waals surface area contributed by atoms with Crippen LogP contribution in [0, 0.1) is 6.92 Å². The monoisotopic (exact) mass is 481 g/mol. The molecule has 1 unspecified atom stereocenters. The van der Waals surface area contributed by atoms with E-state index in [0.29, 0.717) is 34.0 Å². The lowest BCUT2D eigenvalue weighted by Gasteiger charge is -2.26. The Morgan fingerprint density at radius 2 is 1.97 bits per heavy atom. The fourth-order valence-electron chi connectivity index (χ4n) is 4.55. The summed E-state index contributed by atoms with van der Waals surface area (Å²) >= 11 is 6.27. The summed E-state index contributed by atoms with van der Waals surface area (Å²) in [7, 11) is 0. The molecule has 0 saturated carbocycles. The van der Waals surface area contributed by atoms with Gasteiger partial charge in [0.15, 0.2) is 11.4 Å². The Labute approximate surface area is 203 Å². The van der Waals surface area contributed by atoms with Crippen molar-refractivity contribution < 1.29 is 9.15 Å². The quantitative estimate of drug-likeness (QED) is 0.341. The van der Waals surface area contributed by atoms with Gasteiger partial charge in [-0.15, -0.1) is 5.10 Å². The van der Waals surface area contributed by atoms with Crippen molar-refractivity contribution in [3.63, 3.8) is 0 Å². The fourth-order valence-corrected chi connectivity index (χ4v) is 4.74. The first-order valence-electron chi connectivity index (χ1n) is 10.9. The third-order valence-electron chi connectivity index (χ3n) is 6.03. The molecule has 6 aromatic rings. The van der Waals surface area contributed by atoms with Crippen molar-refractivity contribution in [2.75, 3.05) is 0 Å². The highest BCUT2D eigenvalue weighted by atomic mass is 35.5. The van der Waals surface area contributed by atoms with E-state index in [2.05, 4.69) is 15.1 Å². The van der Waals surface area contributed by atoms with Gasteiger partial charge in [-0.3, -0.25) is 4.98 Å². The zero-order valence-electron chi connectivity index (χ0n) is 18.3. The van der Waals surface area contributed by atoms with Crippen LogP contribution in [0.4, 0.5) is 0 Å².